The molecule has 10 heteroatoms. The van der Waals surface area contributed by atoms with Crippen molar-refractivity contribution < 1.29 is 17.9 Å². The van der Waals surface area contributed by atoms with Crippen LogP contribution in [0.25, 0.3) is 16.8 Å². The number of aromatic nitrogens is 5. The summed E-state index contributed by atoms with van der Waals surface area (Å²) in [5, 5.41) is 7.95. The molecule has 0 saturated heterocycles. The van der Waals surface area contributed by atoms with E-state index < -0.39 is 11.9 Å². The lowest BCUT2D eigenvalue weighted by molar-refractivity contribution is -0.141. The summed E-state index contributed by atoms with van der Waals surface area (Å²) in [6, 6.07) is 8.33. The van der Waals surface area contributed by atoms with Crippen molar-refractivity contribution >= 4 is 11.2 Å². The zero-order valence-corrected chi connectivity index (χ0v) is 19.3. The van der Waals surface area contributed by atoms with E-state index in [1.165, 1.54) is 12.1 Å². The Morgan fingerprint density at radius 1 is 1.12 bits per heavy atom. The Morgan fingerprint density at radius 2 is 1.85 bits per heavy atom. The van der Waals surface area contributed by atoms with Crippen LogP contribution in [0.3, 0.4) is 0 Å². The minimum Gasteiger partial charge on any atom is -0.477 e. The van der Waals surface area contributed by atoms with Crippen LogP contribution in [0, 0.1) is 6.92 Å². The molecular formula is C24H25F3N6O. The molecule has 7 nitrogen and oxygen atoms in total. The summed E-state index contributed by atoms with van der Waals surface area (Å²) in [4.78, 5) is 12.5. The van der Waals surface area contributed by atoms with E-state index in [-0.39, 0.29) is 18.0 Å². The molecule has 4 aromatic rings. The average Bonchev–Trinajstić information content (AvgIpc) is 3.14. The number of fused-ring (bicyclic) bond motifs is 1. The molecule has 0 unspecified atom stereocenters. The molecule has 0 aliphatic heterocycles. The first kappa shape index (κ1) is 23.5. The fraction of sp³-hybridized carbons (Fsp3) is 0.333. The number of pyridine rings is 2. The molecule has 0 radical (unpaired) electrons. The topological polar surface area (TPSA) is 77.2 Å². The second-order valence-electron chi connectivity index (χ2n) is 8.05. The van der Waals surface area contributed by atoms with E-state index in [9.17, 15) is 13.2 Å². The average molecular weight is 470 g/mol. The van der Waals surface area contributed by atoms with Gasteiger partial charge in [0.25, 0.3) is 0 Å². The zero-order chi connectivity index (χ0) is 24.5. The van der Waals surface area contributed by atoms with Gasteiger partial charge in [-0.25, -0.2) is 14.5 Å². The van der Waals surface area contributed by atoms with Gasteiger partial charge in [-0.15, -0.1) is 0 Å². The highest BCUT2D eigenvalue weighted by molar-refractivity contribution is 5.80. The zero-order valence-electron chi connectivity index (χ0n) is 19.3. The number of imidazole rings is 1. The fourth-order valence-corrected chi connectivity index (χ4v) is 3.79. The molecule has 0 bridgehead atoms. The van der Waals surface area contributed by atoms with Crippen LogP contribution in [0.4, 0.5) is 18.9 Å². The van der Waals surface area contributed by atoms with Crippen molar-refractivity contribution in [2.75, 3.05) is 11.9 Å². The molecule has 0 aromatic carbocycles. The van der Waals surface area contributed by atoms with Crippen molar-refractivity contribution in [2.45, 2.75) is 46.3 Å². The molecule has 1 N–H and O–H groups in total. The smallest absolute Gasteiger partial charge is 0.433 e. The van der Waals surface area contributed by atoms with Crippen molar-refractivity contribution in [3.63, 3.8) is 0 Å². The maximum atomic E-state index is 13.5. The molecule has 4 heterocycles. The van der Waals surface area contributed by atoms with Crippen LogP contribution in [0.2, 0.25) is 0 Å². The Bertz CT molecular complexity index is 1320. The molecule has 0 spiro atoms. The highest BCUT2D eigenvalue weighted by atomic mass is 19.4. The van der Waals surface area contributed by atoms with Crippen molar-refractivity contribution in [1.82, 2.24) is 24.6 Å². The van der Waals surface area contributed by atoms with Crippen molar-refractivity contribution in [3.05, 3.63) is 65.5 Å². The summed E-state index contributed by atoms with van der Waals surface area (Å²) < 4.78 is 47.8. The Balaban J connectivity index is 1.86. The molecular weight excluding hydrogens is 445 g/mol. The van der Waals surface area contributed by atoms with Gasteiger partial charge in [-0.05, 0) is 44.0 Å². The lowest BCUT2D eigenvalue weighted by Crippen LogP contribution is -2.14. The normalized spacial score (nSPS) is 11.9. The third-order valence-electron chi connectivity index (χ3n) is 5.29. The maximum absolute atomic E-state index is 13.5. The Kier molecular flexibility index (Phi) is 6.41. The van der Waals surface area contributed by atoms with Crippen molar-refractivity contribution in [3.8, 4) is 17.1 Å². The van der Waals surface area contributed by atoms with E-state index in [1.54, 1.807) is 22.8 Å². The van der Waals surface area contributed by atoms with Gasteiger partial charge in [0, 0.05) is 24.5 Å². The first-order valence-electron chi connectivity index (χ1n) is 10.9. The van der Waals surface area contributed by atoms with E-state index in [4.69, 9.17) is 9.84 Å². The van der Waals surface area contributed by atoms with E-state index in [1.807, 2.05) is 33.8 Å². The summed E-state index contributed by atoms with van der Waals surface area (Å²) in [6.07, 6.45) is -1.77. The second kappa shape index (κ2) is 9.28. The molecule has 34 heavy (non-hydrogen) atoms. The molecule has 4 aromatic heterocycles. The van der Waals surface area contributed by atoms with E-state index in [0.717, 1.165) is 17.4 Å². The number of nitrogens with one attached hydrogen (secondary N) is 1. The van der Waals surface area contributed by atoms with Crippen LogP contribution in [-0.4, -0.2) is 31.2 Å². The number of hydrogen-bond acceptors (Lipinski definition) is 6. The molecule has 0 atom stereocenters. The van der Waals surface area contributed by atoms with Crippen molar-refractivity contribution in [1.29, 1.82) is 0 Å². The van der Waals surface area contributed by atoms with Gasteiger partial charge in [-0.1, -0.05) is 19.9 Å². The predicted octanol–water partition coefficient (Wildman–Crippen LogP) is 5.65. The number of nitrogens with zero attached hydrogens (tertiary/aromatic N) is 5. The minimum atomic E-state index is -4.55. The number of ether oxygens (including phenoxy) is 1. The van der Waals surface area contributed by atoms with Crippen molar-refractivity contribution in [2.24, 2.45) is 0 Å². The molecule has 0 aliphatic carbocycles. The largest absolute Gasteiger partial charge is 0.477 e. The molecule has 178 valence electrons. The van der Waals surface area contributed by atoms with Gasteiger partial charge in [-0.3, -0.25) is 4.98 Å². The molecule has 4 rings (SSSR count). The standard InChI is InChI=1S/C24H25F3N6O/c1-5-34-23-17(9-7-11-29-23)18-12-19(21-20(14(2)3)31-15(4)33(21)32-18)30-13-16-8-6-10-28-22(16)24(25,26)27/h6-12,14,30H,5,13H2,1-4H3. The third-order valence-corrected chi connectivity index (χ3v) is 5.29. The van der Waals surface area contributed by atoms with Crippen LogP contribution < -0.4 is 10.1 Å². The number of aryl methyl sites for hydroxylation is 1. The van der Waals surface area contributed by atoms with E-state index >= 15 is 0 Å². The Labute approximate surface area is 195 Å². The third kappa shape index (κ3) is 4.52. The number of alkyl halides is 3. The highest BCUT2D eigenvalue weighted by Gasteiger charge is 2.35. The lowest BCUT2D eigenvalue weighted by Gasteiger charge is -2.16. The van der Waals surface area contributed by atoms with Gasteiger partial charge in [0.15, 0.2) is 0 Å². The van der Waals surface area contributed by atoms with Crippen LogP contribution in [-0.2, 0) is 12.7 Å². The lowest BCUT2D eigenvalue weighted by atomic mass is 10.1. The van der Waals surface area contributed by atoms with E-state index in [0.29, 0.717) is 35.3 Å². The number of halogens is 3. The van der Waals surface area contributed by atoms with Crippen LogP contribution in [0.15, 0.2) is 42.7 Å². The van der Waals surface area contributed by atoms with Gasteiger partial charge in [0.05, 0.1) is 29.2 Å². The highest BCUT2D eigenvalue weighted by Crippen LogP contribution is 2.34. The summed E-state index contributed by atoms with van der Waals surface area (Å²) in [5.74, 6) is 1.18. The Hall–Kier alpha value is -3.69. The summed E-state index contributed by atoms with van der Waals surface area (Å²) in [7, 11) is 0. The van der Waals surface area contributed by atoms with Gasteiger partial charge in [0.2, 0.25) is 5.88 Å². The van der Waals surface area contributed by atoms with Crippen LogP contribution >= 0.6 is 0 Å². The second-order valence-corrected chi connectivity index (χ2v) is 8.05. The number of anilines is 1. The van der Waals surface area contributed by atoms with E-state index in [2.05, 4.69) is 20.3 Å². The quantitative estimate of drug-likeness (QED) is 0.376. The first-order chi connectivity index (χ1) is 16.2. The summed E-state index contributed by atoms with van der Waals surface area (Å²) >= 11 is 0. The molecule has 0 aliphatic rings. The minimum absolute atomic E-state index is 0.0465. The monoisotopic (exact) mass is 470 g/mol. The van der Waals surface area contributed by atoms with Gasteiger partial charge < -0.3 is 10.1 Å². The Morgan fingerprint density at radius 3 is 2.56 bits per heavy atom. The van der Waals surface area contributed by atoms with Gasteiger partial charge >= 0.3 is 6.18 Å². The predicted molar refractivity (Wildman–Crippen MR) is 123 cm³/mol. The maximum Gasteiger partial charge on any atom is 0.433 e. The fourth-order valence-electron chi connectivity index (χ4n) is 3.79. The molecule has 0 fully saturated rings. The van der Waals surface area contributed by atoms with Crippen LogP contribution in [0.5, 0.6) is 5.88 Å². The van der Waals surface area contributed by atoms with Crippen LogP contribution in [0.1, 0.15) is 49.5 Å². The summed E-state index contributed by atoms with van der Waals surface area (Å²) in [5.41, 5.74) is 2.50. The summed E-state index contributed by atoms with van der Waals surface area (Å²) in [6.45, 7) is 8.08. The SMILES string of the molecule is CCOc1ncccc1-c1cc(NCc2cccnc2C(F)(F)F)c2c(C(C)C)nc(C)n2n1. The first-order valence-corrected chi connectivity index (χ1v) is 10.9. The molecule has 0 saturated carbocycles. The van der Waals surface area contributed by atoms with Gasteiger partial charge in [0.1, 0.15) is 17.0 Å². The number of rotatable bonds is 7. The van der Waals surface area contributed by atoms with Gasteiger partial charge in [-0.2, -0.15) is 18.3 Å². The number of hydrogen-bond donors (Lipinski definition) is 1. The molecule has 0 amide bonds.